The number of aryl methyl sites for hydroxylation is 1. The first kappa shape index (κ1) is 17.3. The maximum atomic E-state index is 13.9. The number of carbonyl (C=O) groups is 1. The predicted molar refractivity (Wildman–Crippen MR) is 88.8 cm³/mol. The molecule has 1 aromatic carbocycles. The molecule has 1 amide bonds. The number of rotatable bonds is 3. The van der Waals surface area contributed by atoms with Crippen LogP contribution in [0.2, 0.25) is 0 Å². The van der Waals surface area contributed by atoms with Crippen molar-refractivity contribution < 1.29 is 22.6 Å². The van der Waals surface area contributed by atoms with E-state index >= 15 is 0 Å². The normalized spacial score (nSPS) is 17.3. The van der Waals surface area contributed by atoms with Gasteiger partial charge < -0.3 is 13.9 Å². The highest BCUT2D eigenvalue weighted by atomic mass is 19.1. The Kier molecular flexibility index (Phi) is 4.43. The molecule has 0 bridgehead atoms. The Morgan fingerprint density at radius 3 is 2.89 bits per heavy atom. The third-order valence-electron chi connectivity index (χ3n) is 4.65. The molecule has 4 rings (SSSR count). The van der Waals surface area contributed by atoms with Gasteiger partial charge in [-0.1, -0.05) is 10.3 Å². The van der Waals surface area contributed by atoms with Gasteiger partial charge in [0.15, 0.2) is 0 Å². The number of halogens is 2. The van der Waals surface area contributed by atoms with Gasteiger partial charge in [-0.2, -0.15) is 4.98 Å². The van der Waals surface area contributed by atoms with Crippen molar-refractivity contribution in [2.24, 2.45) is 0 Å². The molecule has 9 heteroatoms. The first-order valence-electron chi connectivity index (χ1n) is 8.52. The Morgan fingerprint density at radius 2 is 2.15 bits per heavy atom. The summed E-state index contributed by atoms with van der Waals surface area (Å²) in [5.74, 6) is -0.908. The van der Waals surface area contributed by atoms with Crippen molar-refractivity contribution in [1.82, 2.24) is 20.2 Å². The third kappa shape index (κ3) is 3.32. The molecule has 2 aromatic heterocycles. The Balaban J connectivity index is 1.53. The minimum absolute atomic E-state index is 0.0563. The van der Waals surface area contributed by atoms with Gasteiger partial charge in [0.05, 0.1) is 17.7 Å². The lowest BCUT2D eigenvalue weighted by Crippen LogP contribution is -2.39. The van der Waals surface area contributed by atoms with Gasteiger partial charge in [-0.05, 0) is 31.9 Å². The van der Waals surface area contributed by atoms with Crippen LogP contribution in [0.25, 0.3) is 11.4 Å². The molecule has 0 spiro atoms. The average Bonchev–Trinajstić information content (AvgIpc) is 3.30. The van der Waals surface area contributed by atoms with Crippen LogP contribution in [0.5, 0.6) is 0 Å². The fourth-order valence-corrected chi connectivity index (χ4v) is 3.22. The number of aromatic nitrogens is 3. The van der Waals surface area contributed by atoms with Crippen LogP contribution in [0.3, 0.4) is 0 Å². The van der Waals surface area contributed by atoms with Crippen LogP contribution in [0.1, 0.15) is 40.8 Å². The van der Waals surface area contributed by atoms with Crippen molar-refractivity contribution in [2.75, 3.05) is 13.1 Å². The molecule has 27 heavy (non-hydrogen) atoms. The molecular weight excluding hydrogens is 358 g/mol. The highest BCUT2D eigenvalue weighted by Gasteiger charge is 2.30. The zero-order valence-electron chi connectivity index (χ0n) is 14.5. The molecule has 0 aliphatic carbocycles. The van der Waals surface area contributed by atoms with Crippen molar-refractivity contribution >= 4 is 5.91 Å². The number of amides is 1. The second-order valence-corrected chi connectivity index (χ2v) is 6.47. The van der Waals surface area contributed by atoms with Gasteiger partial charge in [-0.25, -0.2) is 8.78 Å². The van der Waals surface area contributed by atoms with Crippen LogP contribution in [0.15, 0.2) is 33.4 Å². The summed E-state index contributed by atoms with van der Waals surface area (Å²) in [5, 5.41) is 7.45. The van der Waals surface area contributed by atoms with Crippen LogP contribution in [0, 0.1) is 18.6 Å². The molecule has 3 aromatic rings. The van der Waals surface area contributed by atoms with Crippen LogP contribution in [-0.4, -0.2) is 39.2 Å². The molecule has 3 heterocycles. The van der Waals surface area contributed by atoms with Gasteiger partial charge in [0.2, 0.25) is 11.7 Å². The van der Waals surface area contributed by atoms with E-state index in [4.69, 9.17) is 9.05 Å². The highest BCUT2D eigenvalue weighted by molar-refractivity contribution is 5.94. The molecule has 1 aliphatic rings. The smallest absolute Gasteiger partial charge is 0.259 e. The van der Waals surface area contributed by atoms with E-state index in [1.807, 2.05) is 0 Å². The topological polar surface area (TPSA) is 85.3 Å². The van der Waals surface area contributed by atoms with Crippen LogP contribution in [0.4, 0.5) is 8.78 Å². The molecule has 0 radical (unpaired) electrons. The van der Waals surface area contributed by atoms with Gasteiger partial charge in [-0.3, -0.25) is 4.79 Å². The first-order valence-corrected chi connectivity index (χ1v) is 8.52. The van der Waals surface area contributed by atoms with Crippen molar-refractivity contribution in [2.45, 2.75) is 25.7 Å². The molecule has 140 valence electrons. The number of benzene rings is 1. The highest BCUT2D eigenvalue weighted by Crippen LogP contribution is 2.29. The Bertz CT molecular complexity index is 985. The van der Waals surface area contributed by atoms with E-state index in [0.717, 1.165) is 25.0 Å². The monoisotopic (exact) mass is 374 g/mol. The van der Waals surface area contributed by atoms with Gasteiger partial charge in [0, 0.05) is 19.2 Å². The molecular formula is C18H16F2N4O3. The van der Waals surface area contributed by atoms with Gasteiger partial charge >= 0.3 is 0 Å². The fourth-order valence-electron chi connectivity index (χ4n) is 3.22. The molecule has 1 fully saturated rings. The van der Waals surface area contributed by atoms with Crippen LogP contribution >= 0.6 is 0 Å². The Hall–Kier alpha value is -3.10. The summed E-state index contributed by atoms with van der Waals surface area (Å²) in [6.07, 6.45) is 2.94. The third-order valence-corrected chi connectivity index (χ3v) is 4.65. The lowest BCUT2D eigenvalue weighted by molar-refractivity contribution is 0.0694. The molecule has 1 aliphatic heterocycles. The van der Waals surface area contributed by atoms with Crippen molar-refractivity contribution in [3.05, 3.63) is 53.2 Å². The van der Waals surface area contributed by atoms with Gasteiger partial charge in [0.1, 0.15) is 23.0 Å². The predicted octanol–water partition coefficient (Wildman–Crippen LogP) is 3.33. The number of carbonyl (C=O) groups excluding carboxylic acids is 1. The molecule has 0 saturated carbocycles. The Morgan fingerprint density at radius 1 is 1.30 bits per heavy atom. The van der Waals surface area contributed by atoms with E-state index < -0.39 is 11.6 Å². The maximum Gasteiger partial charge on any atom is 0.259 e. The van der Waals surface area contributed by atoms with E-state index in [-0.39, 0.29) is 23.2 Å². The van der Waals surface area contributed by atoms with E-state index in [2.05, 4.69) is 15.3 Å². The fraction of sp³-hybridized carbons (Fsp3) is 0.333. The summed E-state index contributed by atoms with van der Waals surface area (Å²) in [5.41, 5.74) is 0.491. The summed E-state index contributed by atoms with van der Waals surface area (Å²) in [4.78, 5) is 18.6. The number of piperidine rings is 1. The van der Waals surface area contributed by atoms with Crippen molar-refractivity contribution in [1.29, 1.82) is 0 Å². The molecule has 1 saturated heterocycles. The number of likely N-dealkylation sites (tertiary alicyclic amines) is 1. The van der Waals surface area contributed by atoms with E-state index in [0.29, 0.717) is 30.3 Å². The first-order chi connectivity index (χ1) is 13.0. The lowest BCUT2D eigenvalue weighted by atomic mass is 9.97. The average molecular weight is 374 g/mol. The standard InChI is InChI=1S/C18H16F2N4O3/c1-10-14(8-21-26-10)18(25)24-6-2-3-11(9-24)17-22-16(23-27-17)13-5-4-12(19)7-15(13)20/h4-5,7-8,11H,2-3,6,9H2,1H3. The zero-order chi connectivity index (χ0) is 19.0. The van der Waals surface area contributed by atoms with Crippen molar-refractivity contribution in [3.63, 3.8) is 0 Å². The van der Waals surface area contributed by atoms with Gasteiger partial charge in [-0.15, -0.1) is 0 Å². The molecule has 1 unspecified atom stereocenters. The van der Waals surface area contributed by atoms with Crippen molar-refractivity contribution in [3.8, 4) is 11.4 Å². The second-order valence-electron chi connectivity index (χ2n) is 6.47. The Labute approximate surface area is 152 Å². The number of hydrogen-bond donors (Lipinski definition) is 0. The summed E-state index contributed by atoms with van der Waals surface area (Å²) in [6.45, 7) is 2.69. The van der Waals surface area contributed by atoms with E-state index in [1.54, 1.807) is 11.8 Å². The second kappa shape index (κ2) is 6.90. The number of nitrogens with zero attached hydrogens (tertiary/aromatic N) is 4. The summed E-state index contributed by atoms with van der Waals surface area (Å²) in [7, 11) is 0. The molecule has 0 N–H and O–H groups in total. The van der Waals surface area contributed by atoms with Gasteiger partial charge in [0.25, 0.3) is 5.91 Å². The largest absolute Gasteiger partial charge is 0.361 e. The summed E-state index contributed by atoms with van der Waals surface area (Å²) in [6, 6.07) is 3.18. The zero-order valence-corrected chi connectivity index (χ0v) is 14.5. The molecule has 1 atom stereocenters. The van der Waals surface area contributed by atoms with E-state index in [9.17, 15) is 13.6 Å². The maximum absolute atomic E-state index is 13.9. The lowest BCUT2D eigenvalue weighted by Gasteiger charge is -2.30. The van der Waals surface area contributed by atoms with Crippen LogP contribution in [-0.2, 0) is 0 Å². The number of hydrogen-bond acceptors (Lipinski definition) is 6. The van der Waals surface area contributed by atoms with E-state index in [1.165, 1.54) is 12.3 Å². The minimum atomic E-state index is -0.759. The quantitative estimate of drug-likeness (QED) is 0.699. The molecule has 7 nitrogen and oxygen atoms in total. The summed E-state index contributed by atoms with van der Waals surface area (Å²) < 4.78 is 37.2. The minimum Gasteiger partial charge on any atom is -0.361 e. The van der Waals surface area contributed by atoms with Crippen LogP contribution < -0.4 is 0 Å². The SMILES string of the molecule is Cc1oncc1C(=O)N1CCCC(c2nc(-c3ccc(F)cc3F)no2)C1. The summed E-state index contributed by atoms with van der Waals surface area (Å²) >= 11 is 0.